The molecule has 1 amide bonds. The van der Waals surface area contributed by atoms with Gasteiger partial charge in [0, 0.05) is 17.9 Å². The van der Waals surface area contributed by atoms with Gasteiger partial charge in [0.05, 0.1) is 27.1 Å². The highest BCUT2D eigenvalue weighted by Crippen LogP contribution is 2.26. The third kappa shape index (κ3) is 4.97. The number of hydrogen-bond donors (Lipinski definition) is 2. The van der Waals surface area contributed by atoms with E-state index in [2.05, 4.69) is 10.0 Å². The van der Waals surface area contributed by atoms with Crippen LogP contribution in [0.4, 0.5) is 5.69 Å². The lowest BCUT2D eigenvalue weighted by Gasteiger charge is -2.20. The summed E-state index contributed by atoms with van der Waals surface area (Å²) in [6.45, 7) is 2.60. The third-order valence-corrected chi connectivity index (χ3v) is 6.58. The van der Waals surface area contributed by atoms with Crippen LogP contribution in [0.3, 0.4) is 0 Å². The van der Waals surface area contributed by atoms with Gasteiger partial charge < -0.3 is 10.1 Å². The molecule has 2 N–H and O–H groups in total. The van der Waals surface area contributed by atoms with Crippen molar-refractivity contribution < 1.29 is 17.9 Å². The number of carbonyl (C=O) groups excluding carboxylic acids is 1. The van der Waals surface area contributed by atoms with Crippen molar-refractivity contribution in [3.05, 3.63) is 58.1 Å². The lowest BCUT2D eigenvalue weighted by molar-refractivity contribution is 0.0712. The summed E-state index contributed by atoms with van der Waals surface area (Å²) >= 11 is 11.7. The smallest absolute Gasteiger partial charge is 0.261 e. The Kier molecular flexibility index (Phi) is 6.50. The van der Waals surface area contributed by atoms with E-state index in [4.69, 9.17) is 27.9 Å². The summed E-state index contributed by atoms with van der Waals surface area (Å²) in [5, 5.41) is 3.30. The Morgan fingerprint density at radius 3 is 2.64 bits per heavy atom. The number of carbonyl (C=O) groups is 1. The van der Waals surface area contributed by atoms with Gasteiger partial charge in [-0.1, -0.05) is 29.3 Å². The molecule has 0 saturated carbocycles. The Labute approximate surface area is 174 Å². The molecule has 0 aromatic heterocycles. The zero-order valence-electron chi connectivity index (χ0n) is 15.1. The molecule has 2 atom stereocenters. The minimum atomic E-state index is -3.88. The van der Waals surface area contributed by atoms with Crippen LogP contribution in [0.15, 0.2) is 47.4 Å². The van der Waals surface area contributed by atoms with Crippen molar-refractivity contribution in [1.29, 1.82) is 0 Å². The summed E-state index contributed by atoms with van der Waals surface area (Å²) in [6, 6.07) is 10.2. The van der Waals surface area contributed by atoms with Crippen molar-refractivity contribution >= 4 is 44.8 Å². The van der Waals surface area contributed by atoms with E-state index in [1.807, 2.05) is 6.92 Å². The molecular formula is C19H20Cl2N2O4S. The number of rotatable bonds is 6. The van der Waals surface area contributed by atoms with E-state index >= 15 is 0 Å². The predicted octanol–water partition coefficient (Wildman–Crippen LogP) is 4.09. The maximum atomic E-state index is 12.6. The topological polar surface area (TPSA) is 84.5 Å². The number of ether oxygens (including phenoxy) is 1. The number of nitrogens with one attached hydrogen (secondary N) is 2. The minimum Gasteiger partial charge on any atom is -0.376 e. The first-order valence-corrected chi connectivity index (χ1v) is 11.0. The normalized spacial score (nSPS) is 17.9. The Hall–Kier alpha value is -1.80. The molecule has 3 rings (SSSR count). The van der Waals surface area contributed by atoms with Gasteiger partial charge in [-0.15, -0.1) is 0 Å². The highest BCUT2D eigenvalue weighted by molar-refractivity contribution is 7.92. The summed E-state index contributed by atoms with van der Waals surface area (Å²) in [7, 11) is -3.88. The van der Waals surface area contributed by atoms with Crippen LogP contribution in [0.25, 0.3) is 0 Å². The fraction of sp³-hybridized carbons (Fsp3) is 0.316. The van der Waals surface area contributed by atoms with Crippen molar-refractivity contribution in [3.63, 3.8) is 0 Å². The zero-order chi connectivity index (χ0) is 20.3. The quantitative estimate of drug-likeness (QED) is 0.705. The maximum absolute atomic E-state index is 12.6. The summed E-state index contributed by atoms with van der Waals surface area (Å²) in [4.78, 5) is 12.5. The summed E-state index contributed by atoms with van der Waals surface area (Å²) in [6.07, 6.45) is 1.89. The van der Waals surface area contributed by atoms with Crippen LogP contribution in [0.5, 0.6) is 0 Å². The average molecular weight is 443 g/mol. The molecule has 1 heterocycles. The Balaban J connectivity index is 1.73. The van der Waals surface area contributed by atoms with Crippen LogP contribution < -0.4 is 10.0 Å². The minimum absolute atomic E-state index is 0.000267. The van der Waals surface area contributed by atoms with Crippen LogP contribution in [-0.2, 0) is 14.8 Å². The highest BCUT2D eigenvalue weighted by atomic mass is 35.5. The van der Waals surface area contributed by atoms with Crippen molar-refractivity contribution in [2.75, 3.05) is 11.3 Å². The van der Waals surface area contributed by atoms with Gasteiger partial charge in [-0.2, -0.15) is 0 Å². The Morgan fingerprint density at radius 2 is 1.96 bits per heavy atom. The first kappa shape index (κ1) is 20.9. The second kappa shape index (κ2) is 8.69. The average Bonchev–Trinajstić information content (AvgIpc) is 3.18. The van der Waals surface area contributed by atoms with E-state index in [-0.39, 0.29) is 38.7 Å². The van der Waals surface area contributed by atoms with Gasteiger partial charge in [0.15, 0.2) is 0 Å². The lowest BCUT2D eigenvalue weighted by Crippen LogP contribution is -2.40. The molecule has 2 aromatic rings. The van der Waals surface area contributed by atoms with Crippen LogP contribution in [0, 0.1) is 0 Å². The molecule has 9 heteroatoms. The Bertz CT molecular complexity index is 976. The molecule has 0 aliphatic carbocycles. The summed E-state index contributed by atoms with van der Waals surface area (Å²) < 4.78 is 33.2. The molecule has 1 fully saturated rings. The largest absolute Gasteiger partial charge is 0.376 e. The lowest BCUT2D eigenvalue weighted by atomic mass is 10.1. The highest BCUT2D eigenvalue weighted by Gasteiger charge is 2.24. The molecule has 28 heavy (non-hydrogen) atoms. The molecule has 150 valence electrons. The van der Waals surface area contributed by atoms with Gasteiger partial charge in [-0.05, 0) is 56.2 Å². The second-order valence-electron chi connectivity index (χ2n) is 6.58. The van der Waals surface area contributed by atoms with Gasteiger partial charge in [0.1, 0.15) is 0 Å². The molecule has 2 unspecified atom stereocenters. The fourth-order valence-electron chi connectivity index (χ4n) is 2.96. The maximum Gasteiger partial charge on any atom is 0.261 e. The molecule has 0 spiro atoms. The second-order valence-corrected chi connectivity index (χ2v) is 9.07. The fourth-order valence-corrected chi connectivity index (χ4v) is 4.40. The molecule has 1 saturated heterocycles. The molecule has 1 aliphatic heterocycles. The number of hydrogen-bond acceptors (Lipinski definition) is 4. The third-order valence-electron chi connectivity index (χ3n) is 4.46. The number of anilines is 1. The van der Waals surface area contributed by atoms with E-state index in [0.29, 0.717) is 12.2 Å². The first-order valence-electron chi connectivity index (χ1n) is 8.77. The van der Waals surface area contributed by atoms with Crippen LogP contribution in [0.2, 0.25) is 10.0 Å². The van der Waals surface area contributed by atoms with Crippen LogP contribution in [-0.4, -0.2) is 33.1 Å². The molecular weight excluding hydrogens is 423 g/mol. The van der Waals surface area contributed by atoms with Crippen molar-refractivity contribution in [3.8, 4) is 0 Å². The molecule has 1 aliphatic rings. The molecule has 2 aromatic carbocycles. The van der Waals surface area contributed by atoms with Gasteiger partial charge in [-0.3, -0.25) is 9.52 Å². The SMILES string of the molecule is CC(NC(=O)c1cccc(NS(=O)(=O)c2ccc(Cl)c(Cl)c2)c1)C1CCCO1. The van der Waals surface area contributed by atoms with Gasteiger partial charge >= 0.3 is 0 Å². The van der Waals surface area contributed by atoms with E-state index in [0.717, 1.165) is 12.8 Å². The number of amides is 1. The van der Waals surface area contributed by atoms with Crippen LogP contribution >= 0.6 is 23.2 Å². The van der Waals surface area contributed by atoms with E-state index in [1.165, 1.54) is 24.3 Å². The summed E-state index contributed by atoms with van der Waals surface area (Å²) in [5.41, 5.74) is 0.614. The van der Waals surface area contributed by atoms with Crippen molar-refractivity contribution in [2.24, 2.45) is 0 Å². The number of benzene rings is 2. The Morgan fingerprint density at radius 1 is 1.18 bits per heavy atom. The monoisotopic (exact) mass is 442 g/mol. The molecule has 0 radical (unpaired) electrons. The van der Waals surface area contributed by atoms with Gasteiger partial charge in [-0.25, -0.2) is 8.42 Å². The predicted molar refractivity (Wildman–Crippen MR) is 110 cm³/mol. The zero-order valence-corrected chi connectivity index (χ0v) is 17.4. The number of sulfonamides is 1. The first-order chi connectivity index (χ1) is 13.3. The van der Waals surface area contributed by atoms with E-state index in [9.17, 15) is 13.2 Å². The molecule has 0 bridgehead atoms. The van der Waals surface area contributed by atoms with Gasteiger partial charge in [0.25, 0.3) is 15.9 Å². The van der Waals surface area contributed by atoms with Gasteiger partial charge in [0.2, 0.25) is 0 Å². The standard InChI is InChI=1S/C19H20Cl2N2O4S/c1-12(18-6-3-9-27-18)22-19(24)13-4-2-5-14(10-13)23-28(25,26)15-7-8-16(20)17(21)11-15/h2,4-5,7-8,10-12,18,23H,3,6,9H2,1H3,(H,22,24). The van der Waals surface area contributed by atoms with Crippen molar-refractivity contribution in [1.82, 2.24) is 5.32 Å². The van der Waals surface area contributed by atoms with E-state index in [1.54, 1.807) is 18.2 Å². The summed E-state index contributed by atoms with van der Waals surface area (Å²) in [5.74, 6) is -0.293. The van der Waals surface area contributed by atoms with E-state index < -0.39 is 10.0 Å². The van der Waals surface area contributed by atoms with Crippen LogP contribution in [0.1, 0.15) is 30.1 Å². The number of halogens is 2. The van der Waals surface area contributed by atoms with Crippen molar-refractivity contribution in [2.45, 2.75) is 36.8 Å². The molecule has 6 nitrogen and oxygen atoms in total.